The fourth-order valence-electron chi connectivity index (χ4n) is 4.79. The van der Waals surface area contributed by atoms with Gasteiger partial charge in [0.15, 0.2) is 8.32 Å². The molecule has 1 amide bonds. The number of hydrogen-bond donors (Lipinski definition) is 1. The molecule has 0 saturated heterocycles. The lowest BCUT2D eigenvalue weighted by molar-refractivity contribution is 0.0575. The molecule has 3 heterocycles. The lowest BCUT2D eigenvalue weighted by Gasteiger charge is -2.39. The second kappa shape index (κ2) is 11.8. The summed E-state index contributed by atoms with van der Waals surface area (Å²) in [6, 6.07) is 9.80. The van der Waals surface area contributed by atoms with Crippen molar-refractivity contribution in [3.8, 4) is 23.2 Å². The quantitative estimate of drug-likeness (QED) is 0.269. The minimum atomic E-state index is -2.13. The second-order valence-corrected chi connectivity index (χ2v) is 19.0. The van der Waals surface area contributed by atoms with E-state index in [1.165, 1.54) is 0 Å². The van der Waals surface area contributed by atoms with Crippen LogP contribution in [0.4, 0.5) is 22.1 Å². The zero-order valence-electron chi connectivity index (χ0n) is 27.7. The van der Waals surface area contributed by atoms with Gasteiger partial charge in [0.25, 0.3) is 0 Å². The molecule has 0 radical (unpaired) electrons. The van der Waals surface area contributed by atoms with Gasteiger partial charge < -0.3 is 19.2 Å². The topological polar surface area (TPSA) is 122 Å². The zero-order chi connectivity index (χ0) is 32.7. The summed E-state index contributed by atoms with van der Waals surface area (Å²) in [6.45, 7) is 21.3. The van der Waals surface area contributed by atoms with Crippen molar-refractivity contribution in [2.75, 3.05) is 30.5 Å². The maximum Gasteiger partial charge on any atom is 0.414 e. The number of nitrogens with one attached hydrogen (secondary N) is 1. The Balaban J connectivity index is 1.80. The van der Waals surface area contributed by atoms with Crippen molar-refractivity contribution in [2.24, 2.45) is 0 Å². The van der Waals surface area contributed by atoms with Gasteiger partial charge in [-0.2, -0.15) is 5.26 Å². The maximum atomic E-state index is 13.5. The van der Waals surface area contributed by atoms with E-state index in [4.69, 9.17) is 18.9 Å². The first-order valence-corrected chi connectivity index (χ1v) is 17.6. The third-order valence-electron chi connectivity index (χ3n) is 8.21. The van der Waals surface area contributed by atoms with Crippen molar-refractivity contribution < 1.29 is 18.7 Å². The summed E-state index contributed by atoms with van der Waals surface area (Å²) in [6.07, 6.45) is 2.89. The van der Waals surface area contributed by atoms with Crippen molar-refractivity contribution in [3.63, 3.8) is 0 Å². The average Bonchev–Trinajstić information content (AvgIpc) is 3.23. The molecule has 4 rings (SSSR count). The van der Waals surface area contributed by atoms with Crippen molar-refractivity contribution in [1.82, 2.24) is 15.0 Å². The fourth-order valence-corrected chi connectivity index (χ4v) is 5.91. The van der Waals surface area contributed by atoms with Crippen LogP contribution in [-0.2, 0) is 14.6 Å². The number of rotatable bonds is 7. The Hall–Kier alpha value is -4.01. The van der Waals surface area contributed by atoms with Crippen LogP contribution in [-0.4, -0.2) is 55.2 Å². The minimum absolute atomic E-state index is 0.00909. The molecular formula is C33H44N6O4Si. The van der Waals surface area contributed by atoms with Crippen LogP contribution in [0.25, 0.3) is 11.3 Å². The molecule has 2 aromatic heterocycles. The molecular weight excluding hydrogens is 572 g/mol. The van der Waals surface area contributed by atoms with Crippen LogP contribution in [0.1, 0.15) is 65.2 Å². The number of fused-ring (bicyclic) bond motifs is 1. The monoisotopic (exact) mass is 616 g/mol. The first-order chi connectivity index (χ1) is 20.4. The summed E-state index contributed by atoms with van der Waals surface area (Å²) in [7, 11) is -0.572. The number of aromatic nitrogens is 3. The predicted molar refractivity (Wildman–Crippen MR) is 175 cm³/mol. The average molecular weight is 617 g/mol. The largest absolute Gasteiger partial charge is 0.480 e. The van der Waals surface area contributed by atoms with Crippen LogP contribution in [0.15, 0.2) is 36.7 Å². The lowest BCUT2D eigenvalue weighted by atomic mass is 9.83. The molecule has 1 aliphatic rings. The standard InChI is InChI=1S/C33H44N6O4Si/c1-21-14-26(28(41-9)36-18-21)38-29-35-13-12-25(37-29)22-15-23(17-34)27-24(16-22)33(8,20-42-44(10,11)32(5,6)7)19-39(27)30(40)43-31(2,3)4/h12-16,18H,19-20H2,1-11H3,(H,35,37,38)/t33-/m1/s1. The van der Waals surface area contributed by atoms with E-state index in [1.54, 1.807) is 36.5 Å². The van der Waals surface area contributed by atoms with Crippen molar-refractivity contribution in [1.29, 1.82) is 5.26 Å². The normalized spacial score (nSPS) is 16.7. The number of carbonyl (C=O) groups excluding carboxylic acids is 1. The molecule has 10 nitrogen and oxygen atoms in total. The molecule has 0 unspecified atom stereocenters. The van der Waals surface area contributed by atoms with E-state index in [9.17, 15) is 10.1 Å². The number of hydrogen-bond acceptors (Lipinski definition) is 9. The zero-order valence-corrected chi connectivity index (χ0v) is 28.7. The first-order valence-electron chi connectivity index (χ1n) is 14.7. The number of ether oxygens (including phenoxy) is 2. The van der Waals surface area contributed by atoms with E-state index in [0.717, 1.165) is 16.7 Å². The smallest absolute Gasteiger partial charge is 0.414 e. The van der Waals surface area contributed by atoms with Gasteiger partial charge in [0, 0.05) is 36.5 Å². The molecule has 1 atom stereocenters. The number of pyridine rings is 1. The Labute approximate surface area is 261 Å². The van der Waals surface area contributed by atoms with Crippen molar-refractivity contribution in [2.45, 2.75) is 84.5 Å². The lowest BCUT2D eigenvalue weighted by Crippen LogP contribution is -2.46. The number of nitrogens with zero attached hydrogens (tertiary/aromatic N) is 5. The van der Waals surface area contributed by atoms with E-state index in [1.807, 2.05) is 39.8 Å². The van der Waals surface area contributed by atoms with Crippen LogP contribution >= 0.6 is 0 Å². The van der Waals surface area contributed by atoms with Gasteiger partial charge in [-0.1, -0.05) is 27.7 Å². The molecule has 234 valence electrons. The highest BCUT2D eigenvalue weighted by molar-refractivity contribution is 6.74. The number of nitriles is 1. The van der Waals surface area contributed by atoms with E-state index in [-0.39, 0.29) is 5.04 Å². The van der Waals surface area contributed by atoms with Gasteiger partial charge in [0.05, 0.1) is 24.1 Å². The van der Waals surface area contributed by atoms with Crippen molar-refractivity contribution in [3.05, 3.63) is 53.3 Å². The van der Waals surface area contributed by atoms with Crippen molar-refractivity contribution >= 4 is 31.7 Å². The molecule has 0 bridgehead atoms. The van der Waals surface area contributed by atoms with Gasteiger partial charge in [0.2, 0.25) is 11.8 Å². The van der Waals surface area contributed by atoms with Gasteiger partial charge in [-0.3, -0.25) is 4.90 Å². The number of anilines is 3. The number of benzene rings is 1. The van der Waals surface area contributed by atoms with Gasteiger partial charge in [-0.25, -0.2) is 19.7 Å². The Morgan fingerprint density at radius 2 is 1.86 bits per heavy atom. The molecule has 0 aliphatic carbocycles. The molecule has 0 spiro atoms. The van der Waals surface area contributed by atoms with E-state index in [2.05, 4.69) is 62.1 Å². The first kappa shape index (κ1) is 32.9. The molecule has 11 heteroatoms. The van der Waals surface area contributed by atoms with Gasteiger partial charge in [-0.05, 0) is 81.2 Å². The van der Waals surface area contributed by atoms with Crippen LogP contribution in [0.3, 0.4) is 0 Å². The van der Waals surface area contributed by atoms with Crippen LogP contribution in [0, 0.1) is 18.3 Å². The van der Waals surface area contributed by atoms with Crippen LogP contribution in [0.5, 0.6) is 5.88 Å². The summed E-state index contributed by atoms with van der Waals surface area (Å²) in [5.41, 5.74) is 3.39. The van der Waals surface area contributed by atoms with Gasteiger partial charge >= 0.3 is 6.09 Å². The fraction of sp³-hybridized carbons (Fsp3) is 0.485. The Morgan fingerprint density at radius 1 is 1.16 bits per heavy atom. The molecule has 1 aliphatic heterocycles. The summed E-state index contributed by atoms with van der Waals surface area (Å²) in [5, 5.41) is 13.6. The third kappa shape index (κ3) is 6.87. The maximum absolute atomic E-state index is 13.5. The second-order valence-electron chi connectivity index (χ2n) is 14.2. The molecule has 1 N–H and O–H groups in total. The number of aryl methyl sites for hydroxylation is 1. The molecule has 3 aromatic rings. The minimum Gasteiger partial charge on any atom is -0.480 e. The predicted octanol–water partition coefficient (Wildman–Crippen LogP) is 7.51. The highest BCUT2D eigenvalue weighted by atomic mass is 28.4. The van der Waals surface area contributed by atoms with Crippen LogP contribution < -0.4 is 15.0 Å². The van der Waals surface area contributed by atoms with E-state index >= 15 is 0 Å². The van der Waals surface area contributed by atoms with Gasteiger partial charge in [0.1, 0.15) is 17.4 Å². The summed E-state index contributed by atoms with van der Waals surface area (Å²) >= 11 is 0. The highest BCUT2D eigenvalue weighted by Gasteiger charge is 2.47. The van der Waals surface area contributed by atoms with E-state index in [0.29, 0.717) is 47.6 Å². The Bertz CT molecular complexity index is 1610. The Kier molecular flexibility index (Phi) is 8.84. The Morgan fingerprint density at radius 3 is 2.48 bits per heavy atom. The third-order valence-corrected chi connectivity index (χ3v) is 12.7. The van der Waals surface area contributed by atoms with Gasteiger partial charge in [-0.15, -0.1) is 0 Å². The van der Waals surface area contributed by atoms with E-state index < -0.39 is 25.4 Å². The number of carbonyl (C=O) groups is 1. The highest BCUT2D eigenvalue weighted by Crippen LogP contribution is 2.47. The SMILES string of the molecule is COc1ncc(C)cc1Nc1nccc(-c2cc(C#N)c3c(c2)[C@@](C)(CO[Si](C)(C)C(C)(C)C)CN3C(=O)OC(C)(C)C)n1. The summed E-state index contributed by atoms with van der Waals surface area (Å²) in [5.74, 6) is 0.778. The van der Waals surface area contributed by atoms with Crippen LogP contribution in [0.2, 0.25) is 18.1 Å². The number of methoxy groups -OCH3 is 1. The molecule has 1 aromatic carbocycles. The number of amides is 1. The summed E-state index contributed by atoms with van der Waals surface area (Å²) in [4.78, 5) is 28.6. The molecule has 0 saturated carbocycles. The summed E-state index contributed by atoms with van der Waals surface area (Å²) < 4.78 is 17.9. The molecule has 44 heavy (non-hydrogen) atoms. The molecule has 0 fully saturated rings.